The molecule has 2 aromatic heterocycles. The van der Waals surface area contributed by atoms with E-state index in [0.717, 1.165) is 16.2 Å². The quantitative estimate of drug-likeness (QED) is 0.743. The Morgan fingerprint density at radius 2 is 2.00 bits per heavy atom. The third-order valence-corrected chi connectivity index (χ3v) is 4.54. The van der Waals surface area contributed by atoms with Gasteiger partial charge >= 0.3 is 0 Å². The van der Waals surface area contributed by atoms with E-state index in [2.05, 4.69) is 5.32 Å². The van der Waals surface area contributed by atoms with E-state index in [1.165, 1.54) is 12.1 Å². The fourth-order valence-corrected chi connectivity index (χ4v) is 3.22. The smallest absolute Gasteiger partial charge is 0.224 e. The van der Waals surface area contributed by atoms with E-state index in [0.29, 0.717) is 6.54 Å². The number of carbonyl (C=O) groups excluding carboxylic acids is 1. The Morgan fingerprint density at radius 3 is 2.65 bits per heavy atom. The molecule has 0 bridgehead atoms. The second-order valence-electron chi connectivity index (χ2n) is 5.19. The normalized spacial score (nSPS) is 12.0. The number of furan rings is 1. The molecule has 23 heavy (non-hydrogen) atoms. The molecule has 0 aliphatic rings. The van der Waals surface area contributed by atoms with E-state index >= 15 is 0 Å². The molecule has 0 spiro atoms. The van der Waals surface area contributed by atoms with Gasteiger partial charge < -0.3 is 9.73 Å². The summed E-state index contributed by atoms with van der Waals surface area (Å²) >= 11 is 1.63. The second kappa shape index (κ2) is 7.24. The highest BCUT2D eigenvalue weighted by molar-refractivity contribution is 7.10. The summed E-state index contributed by atoms with van der Waals surface area (Å²) in [5, 5.41) is 4.94. The Labute approximate surface area is 137 Å². The van der Waals surface area contributed by atoms with Crippen molar-refractivity contribution in [1.82, 2.24) is 5.32 Å². The van der Waals surface area contributed by atoms with Crippen molar-refractivity contribution < 1.29 is 13.6 Å². The molecule has 0 fully saturated rings. The predicted octanol–water partition coefficient (Wildman–Crippen LogP) is 3.97. The number of thiophene rings is 1. The predicted molar refractivity (Wildman–Crippen MR) is 88.0 cm³/mol. The molecule has 1 atom stereocenters. The van der Waals surface area contributed by atoms with Crippen molar-refractivity contribution in [3.63, 3.8) is 0 Å². The fraction of sp³-hybridized carbons (Fsp3) is 0.167. The van der Waals surface area contributed by atoms with Gasteiger partial charge in [0.25, 0.3) is 0 Å². The summed E-state index contributed by atoms with van der Waals surface area (Å²) in [5.74, 6) is 0.436. The molecule has 1 N–H and O–H groups in total. The monoisotopic (exact) mass is 329 g/mol. The molecule has 1 aromatic carbocycles. The van der Waals surface area contributed by atoms with E-state index in [-0.39, 0.29) is 24.1 Å². The Hall–Kier alpha value is -2.40. The standard InChI is InChI=1S/C18H16FNO2S/c19-14-7-5-13(6-8-14)11-18(21)20-12-15(16-3-1-9-22-16)17-4-2-10-23-17/h1-10,15H,11-12H2,(H,20,21)/t15-/m0/s1. The van der Waals surface area contributed by atoms with Gasteiger partial charge in [0, 0.05) is 11.4 Å². The number of benzene rings is 1. The molecule has 1 amide bonds. The third kappa shape index (κ3) is 4.07. The van der Waals surface area contributed by atoms with Crippen LogP contribution in [-0.2, 0) is 11.2 Å². The number of hydrogen-bond donors (Lipinski definition) is 1. The van der Waals surface area contributed by atoms with E-state index in [1.54, 1.807) is 29.7 Å². The lowest BCUT2D eigenvalue weighted by Gasteiger charge is -2.14. The first kappa shape index (κ1) is 15.5. The number of hydrogen-bond acceptors (Lipinski definition) is 3. The average Bonchev–Trinajstić information content (AvgIpc) is 3.24. The number of carbonyl (C=O) groups is 1. The molecule has 0 radical (unpaired) electrons. The van der Waals surface area contributed by atoms with Gasteiger partial charge in [-0.3, -0.25) is 4.79 Å². The van der Waals surface area contributed by atoms with Gasteiger partial charge in [-0.15, -0.1) is 11.3 Å². The zero-order valence-corrected chi connectivity index (χ0v) is 13.2. The first-order chi connectivity index (χ1) is 11.2. The Kier molecular flexibility index (Phi) is 4.88. The van der Waals surface area contributed by atoms with Gasteiger partial charge in [-0.25, -0.2) is 4.39 Å². The highest BCUT2D eigenvalue weighted by atomic mass is 32.1. The first-order valence-electron chi connectivity index (χ1n) is 7.30. The fourth-order valence-electron chi connectivity index (χ4n) is 2.39. The van der Waals surface area contributed by atoms with Gasteiger partial charge in [-0.1, -0.05) is 18.2 Å². The van der Waals surface area contributed by atoms with Crippen LogP contribution in [0, 0.1) is 5.82 Å². The van der Waals surface area contributed by atoms with Crippen molar-refractivity contribution in [3.8, 4) is 0 Å². The second-order valence-corrected chi connectivity index (χ2v) is 6.17. The summed E-state index contributed by atoms with van der Waals surface area (Å²) < 4.78 is 18.4. The zero-order chi connectivity index (χ0) is 16.1. The van der Waals surface area contributed by atoms with Crippen LogP contribution in [0.3, 0.4) is 0 Å². The van der Waals surface area contributed by atoms with E-state index in [4.69, 9.17) is 4.42 Å². The molecule has 0 saturated heterocycles. The lowest BCUT2D eigenvalue weighted by molar-refractivity contribution is -0.120. The number of amides is 1. The van der Waals surface area contributed by atoms with Crippen LogP contribution in [0.15, 0.2) is 64.6 Å². The molecule has 118 valence electrons. The molecule has 3 rings (SSSR count). The van der Waals surface area contributed by atoms with E-state index in [1.807, 2.05) is 29.6 Å². The summed E-state index contributed by atoms with van der Waals surface area (Å²) in [6, 6.07) is 13.7. The maximum Gasteiger partial charge on any atom is 0.224 e. The van der Waals surface area contributed by atoms with Crippen LogP contribution in [-0.4, -0.2) is 12.5 Å². The maximum absolute atomic E-state index is 12.9. The SMILES string of the molecule is O=C(Cc1ccc(F)cc1)NC[C@@H](c1ccco1)c1cccs1. The van der Waals surface area contributed by atoms with Crippen LogP contribution >= 0.6 is 11.3 Å². The summed E-state index contributed by atoms with van der Waals surface area (Å²) in [5.41, 5.74) is 0.787. The largest absolute Gasteiger partial charge is 0.469 e. The summed E-state index contributed by atoms with van der Waals surface area (Å²) in [6.45, 7) is 0.466. The van der Waals surface area contributed by atoms with Crippen LogP contribution in [0.5, 0.6) is 0 Å². The highest BCUT2D eigenvalue weighted by Gasteiger charge is 2.19. The van der Waals surface area contributed by atoms with Gasteiger partial charge in [-0.2, -0.15) is 0 Å². The van der Waals surface area contributed by atoms with Gasteiger partial charge in [0.1, 0.15) is 11.6 Å². The number of halogens is 1. The van der Waals surface area contributed by atoms with Gasteiger partial charge in [0.05, 0.1) is 18.6 Å². The molecule has 2 heterocycles. The molecule has 0 unspecified atom stereocenters. The van der Waals surface area contributed by atoms with Crippen LogP contribution in [0.4, 0.5) is 4.39 Å². The highest BCUT2D eigenvalue weighted by Crippen LogP contribution is 2.28. The summed E-state index contributed by atoms with van der Waals surface area (Å²) in [4.78, 5) is 13.2. The average molecular weight is 329 g/mol. The van der Waals surface area contributed by atoms with E-state index in [9.17, 15) is 9.18 Å². The van der Waals surface area contributed by atoms with Crippen molar-refractivity contribution >= 4 is 17.2 Å². The van der Waals surface area contributed by atoms with Crippen molar-refractivity contribution in [2.24, 2.45) is 0 Å². The van der Waals surface area contributed by atoms with Crippen molar-refractivity contribution in [1.29, 1.82) is 0 Å². The minimum Gasteiger partial charge on any atom is -0.469 e. The lowest BCUT2D eigenvalue weighted by atomic mass is 10.0. The van der Waals surface area contributed by atoms with Crippen molar-refractivity contribution in [2.45, 2.75) is 12.3 Å². The molecular formula is C18H16FNO2S. The Bertz CT molecular complexity index is 702. The van der Waals surface area contributed by atoms with Crippen LogP contribution in [0.25, 0.3) is 0 Å². The third-order valence-electron chi connectivity index (χ3n) is 3.55. The summed E-state index contributed by atoms with van der Waals surface area (Å²) in [6.07, 6.45) is 1.87. The van der Waals surface area contributed by atoms with Crippen molar-refractivity contribution in [2.75, 3.05) is 6.54 Å². The molecule has 0 aliphatic heterocycles. The molecule has 5 heteroatoms. The molecule has 3 aromatic rings. The minimum absolute atomic E-state index is 0.00201. The molecule has 0 aliphatic carbocycles. The lowest BCUT2D eigenvalue weighted by Crippen LogP contribution is -2.29. The van der Waals surface area contributed by atoms with Crippen LogP contribution in [0.2, 0.25) is 0 Å². The van der Waals surface area contributed by atoms with E-state index < -0.39 is 0 Å². The van der Waals surface area contributed by atoms with Gasteiger partial charge in [0.2, 0.25) is 5.91 Å². The van der Waals surface area contributed by atoms with Crippen LogP contribution < -0.4 is 5.32 Å². The topological polar surface area (TPSA) is 42.2 Å². The molecular weight excluding hydrogens is 313 g/mol. The number of rotatable bonds is 6. The van der Waals surface area contributed by atoms with Crippen molar-refractivity contribution in [3.05, 3.63) is 82.2 Å². The Morgan fingerprint density at radius 1 is 1.17 bits per heavy atom. The minimum atomic E-state index is -0.301. The first-order valence-corrected chi connectivity index (χ1v) is 8.18. The maximum atomic E-state index is 12.9. The summed E-state index contributed by atoms with van der Waals surface area (Å²) in [7, 11) is 0. The van der Waals surface area contributed by atoms with Gasteiger partial charge in [-0.05, 0) is 41.3 Å². The molecule has 0 saturated carbocycles. The van der Waals surface area contributed by atoms with Gasteiger partial charge in [0.15, 0.2) is 0 Å². The molecule has 3 nitrogen and oxygen atoms in total. The van der Waals surface area contributed by atoms with Crippen LogP contribution in [0.1, 0.15) is 22.1 Å². The zero-order valence-electron chi connectivity index (χ0n) is 12.4. The number of nitrogens with one attached hydrogen (secondary N) is 1. The Balaban J connectivity index is 1.62.